The maximum atomic E-state index is 13.9. The topological polar surface area (TPSA) is 113 Å². The van der Waals surface area contributed by atoms with Crippen LogP contribution in [0, 0.1) is 5.92 Å². The Hall–Kier alpha value is -3.37. The number of aromatic hydroxyl groups is 1. The molecular weight excluding hydrogens is 582 g/mol. The van der Waals surface area contributed by atoms with Crippen LogP contribution in [0.15, 0.2) is 51.1 Å². The fraction of sp³-hybridized carbons (Fsp3) is 0.433. The SMILES string of the molecule is CCOCCOC(=O)C1C(C)=NC2=C(C(=O)C[C@@H](c3ccc(OC)c(OC)c3)C2)[C@@H]1c1cc(Br)c(O)c(OC)c1. The van der Waals surface area contributed by atoms with E-state index < -0.39 is 17.8 Å². The monoisotopic (exact) mass is 615 g/mol. The number of Topliss-reactive ketones (excluding diaryl/α,β-unsaturated/α-hetero) is 1. The molecule has 1 aliphatic carbocycles. The molecule has 0 spiro atoms. The summed E-state index contributed by atoms with van der Waals surface area (Å²) >= 11 is 3.39. The molecule has 9 nitrogen and oxygen atoms in total. The number of nitrogens with zero attached hydrogens (tertiary/aromatic N) is 1. The summed E-state index contributed by atoms with van der Waals surface area (Å²) in [5.74, 6) is -0.865. The van der Waals surface area contributed by atoms with E-state index in [1.807, 2.05) is 25.1 Å². The molecule has 0 fully saturated rings. The highest BCUT2D eigenvalue weighted by Crippen LogP contribution is 2.49. The summed E-state index contributed by atoms with van der Waals surface area (Å²) in [5, 5.41) is 10.4. The van der Waals surface area contributed by atoms with E-state index in [1.54, 1.807) is 33.3 Å². The summed E-state index contributed by atoms with van der Waals surface area (Å²) in [6, 6.07) is 9.01. The number of aliphatic imine (C=N–C) groups is 1. The van der Waals surface area contributed by atoms with Crippen LogP contribution in [0.25, 0.3) is 0 Å². The van der Waals surface area contributed by atoms with Gasteiger partial charge < -0.3 is 28.8 Å². The van der Waals surface area contributed by atoms with Crippen LogP contribution < -0.4 is 14.2 Å². The van der Waals surface area contributed by atoms with Crippen LogP contribution in [-0.2, 0) is 19.1 Å². The van der Waals surface area contributed by atoms with Crippen molar-refractivity contribution in [2.75, 3.05) is 41.2 Å². The van der Waals surface area contributed by atoms with Crippen molar-refractivity contribution in [1.29, 1.82) is 0 Å². The van der Waals surface area contributed by atoms with E-state index in [1.165, 1.54) is 7.11 Å². The summed E-state index contributed by atoms with van der Waals surface area (Å²) in [6.45, 7) is 4.52. The van der Waals surface area contributed by atoms with E-state index in [0.29, 0.717) is 51.5 Å². The van der Waals surface area contributed by atoms with Crippen molar-refractivity contribution < 1.29 is 38.4 Å². The molecule has 2 aromatic rings. The third-order valence-corrected chi connectivity index (χ3v) is 7.93. The molecule has 2 aliphatic rings. The van der Waals surface area contributed by atoms with Crippen LogP contribution in [0.2, 0.25) is 0 Å². The molecule has 4 rings (SSSR count). The van der Waals surface area contributed by atoms with Gasteiger partial charge in [0.15, 0.2) is 28.8 Å². The number of phenolic OH excluding ortho intramolecular Hbond substituents is 1. The predicted molar refractivity (Wildman–Crippen MR) is 153 cm³/mol. The molecule has 10 heteroatoms. The molecule has 1 aliphatic heterocycles. The number of methoxy groups -OCH3 is 3. The van der Waals surface area contributed by atoms with Gasteiger partial charge in [-0.3, -0.25) is 14.6 Å². The standard InChI is InChI=1S/C30H34BrNO8/c1-6-39-9-10-40-30(35)26-16(2)32-21-12-18(17-7-8-23(36-3)24(14-17)37-4)13-22(33)28(21)27(26)19-11-20(31)29(34)25(15-19)38-5/h7-8,11,14-15,18,26-27,34H,6,9-10,12-13H2,1-5H3/t18-,26?,27+/m0/s1. The zero-order valence-electron chi connectivity index (χ0n) is 23.3. The van der Waals surface area contributed by atoms with Gasteiger partial charge in [-0.15, -0.1) is 0 Å². The molecular formula is C30H34BrNO8. The van der Waals surface area contributed by atoms with Gasteiger partial charge in [0, 0.05) is 35.9 Å². The number of hydrogen-bond donors (Lipinski definition) is 1. The first kappa shape index (κ1) is 29.6. The minimum atomic E-state index is -0.830. The van der Waals surface area contributed by atoms with Gasteiger partial charge >= 0.3 is 5.97 Å². The lowest BCUT2D eigenvalue weighted by Gasteiger charge is -2.36. The highest BCUT2D eigenvalue weighted by Gasteiger charge is 2.45. The molecule has 1 N–H and O–H groups in total. The third-order valence-electron chi connectivity index (χ3n) is 7.33. The lowest BCUT2D eigenvalue weighted by molar-refractivity contribution is -0.148. The number of hydrogen-bond acceptors (Lipinski definition) is 9. The van der Waals surface area contributed by atoms with Crippen molar-refractivity contribution in [3.05, 3.63) is 57.2 Å². The third kappa shape index (κ3) is 5.88. The minimum absolute atomic E-state index is 0.0685. The molecule has 0 saturated carbocycles. The van der Waals surface area contributed by atoms with Gasteiger partial charge in [-0.2, -0.15) is 0 Å². The van der Waals surface area contributed by atoms with Crippen LogP contribution in [0.1, 0.15) is 49.7 Å². The Labute approximate surface area is 242 Å². The van der Waals surface area contributed by atoms with Crippen molar-refractivity contribution in [2.24, 2.45) is 10.9 Å². The van der Waals surface area contributed by atoms with E-state index in [-0.39, 0.29) is 42.8 Å². The van der Waals surface area contributed by atoms with Crippen molar-refractivity contribution in [3.63, 3.8) is 0 Å². The zero-order valence-corrected chi connectivity index (χ0v) is 24.9. The van der Waals surface area contributed by atoms with Gasteiger partial charge in [0.1, 0.15) is 12.5 Å². The Kier molecular flexibility index (Phi) is 9.52. The van der Waals surface area contributed by atoms with Crippen molar-refractivity contribution in [1.82, 2.24) is 0 Å². The Bertz CT molecular complexity index is 1350. The lowest BCUT2D eigenvalue weighted by Crippen LogP contribution is -2.38. The number of rotatable bonds is 10. The van der Waals surface area contributed by atoms with Gasteiger partial charge in [0.25, 0.3) is 0 Å². The number of allylic oxidation sites excluding steroid dienone is 2. The van der Waals surface area contributed by atoms with Gasteiger partial charge in [-0.1, -0.05) is 6.07 Å². The van der Waals surface area contributed by atoms with Gasteiger partial charge in [-0.25, -0.2) is 0 Å². The van der Waals surface area contributed by atoms with Crippen molar-refractivity contribution in [2.45, 2.75) is 38.5 Å². The van der Waals surface area contributed by atoms with Crippen LogP contribution in [0.5, 0.6) is 23.0 Å². The first-order valence-electron chi connectivity index (χ1n) is 13.1. The fourth-order valence-electron chi connectivity index (χ4n) is 5.43. The quantitative estimate of drug-likeness (QED) is 0.282. The molecule has 0 bridgehead atoms. The van der Waals surface area contributed by atoms with Crippen LogP contribution in [-0.4, -0.2) is 63.7 Å². The highest BCUT2D eigenvalue weighted by molar-refractivity contribution is 9.10. The molecule has 1 unspecified atom stereocenters. The molecule has 1 heterocycles. The number of ketones is 1. The number of phenols is 1. The molecule has 0 radical (unpaired) electrons. The maximum absolute atomic E-state index is 13.9. The van der Waals surface area contributed by atoms with E-state index in [2.05, 4.69) is 15.9 Å². The number of carbonyl (C=O) groups is 2. The number of carbonyl (C=O) groups excluding carboxylic acids is 2. The first-order valence-corrected chi connectivity index (χ1v) is 13.9. The second-order valence-corrected chi connectivity index (χ2v) is 10.5. The van der Waals surface area contributed by atoms with Crippen LogP contribution in [0.4, 0.5) is 0 Å². The summed E-state index contributed by atoms with van der Waals surface area (Å²) in [5.41, 5.74) is 3.24. The summed E-state index contributed by atoms with van der Waals surface area (Å²) in [6.07, 6.45) is 0.745. The Morgan fingerprint density at radius 3 is 2.38 bits per heavy atom. The highest BCUT2D eigenvalue weighted by atomic mass is 79.9. The Morgan fingerprint density at radius 2 is 1.70 bits per heavy atom. The average molecular weight is 617 g/mol. The van der Waals surface area contributed by atoms with E-state index in [0.717, 1.165) is 5.56 Å². The zero-order chi connectivity index (χ0) is 29.0. The second kappa shape index (κ2) is 12.9. The summed E-state index contributed by atoms with van der Waals surface area (Å²) in [7, 11) is 4.60. The normalized spacial score (nSPS) is 20.5. The lowest BCUT2D eigenvalue weighted by atomic mass is 9.69. The maximum Gasteiger partial charge on any atom is 0.315 e. The van der Waals surface area contributed by atoms with E-state index in [9.17, 15) is 14.7 Å². The van der Waals surface area contributed by atoms with E-state index in [4.69, 9.17) is 28.7 Å². The molecule has 0 saturated heterocycles. The van der Waals surface area contributed by atoms with Gasteiger partial charge in [0.05, 0.1) is 32.4 Å². The van der Waals surface area contributed by atoms with Gasteiger partial charge in [0.2, 0.25) is 0 Å². The first-order chi connectivity index (χ1) is 19.2. The molecule has 2 aromatic carbocycles. The molecule has 214 valence electrons. The average Bonchev–Trinajstić information content (AvgIpc) is 2.95. The van der Waals surface area contributed by atoms with Crippen molar-refractivity contribution >= 4 is 33.4 Å². The predicted octanol–water partition coefficient (Wildman–Crippen LogP) is 5.34. The van der Waals surface area contributed by atoms with Crippen molar-refractivity contribution in [3.8, 4) is 23.0 Å². The smallest absolute Gasteiger partial charge is 0.315 e. The Morgan fingerprint density at radius 1 is 1.00 bits per heavy atom. The van der Waals surface area contributed by atoms with Crippen LogP contribution >= 0.6 is 15.9 Å². The Balaban J connectivity index is 1.78. The molecule has 3 atom stereocenters. The number of benzene rings is 2. The van der Waals surface area contributed by atoms with Gasteiger partial charge in [-0.05, 0) is 77.5 Å². The molecule has 0 aromatic heterocycles. The number of halogens is 1. The van der Waals surface area contributed by atoms with E-state index >= 15 is 0 Å². The number of ether oxygens (including phenoxy) is 5. The van der Waals surface area contributed by atoms with Crippen LogP contribution in [0.3, 0.4) is 0 Å². The molecule has 40 heavy (non-hydrogen) atoms. The fourth-order valence-corrected chi connectivity index (χ4v) is 5.89. The molecule has 0 amide bonds. The largest absolute Gasteiger partial charge is 0.503 e. The number of esters is 1. The summed E-state index contributed by atoms with van der Waals surface area (Å²) in [4.78, 5) is 32.2. The summed E-state index contributed by atoms with van der Waals surface area (Å²) < 4.78 is 27.5. The second-order valence-electron chi connectivity index (χ2n) is 9.63. The minimum Gasteiger partial charge on any atom is -0.503 e.